The Balaban J connectivity index is 1.59. The van der Waals surface area contributed by atoms with Crippen molar-refractivity contribution >= 4 is 22.5 Å². The highest BCUT2D eigenvalue weighted by molar-refractivity contribution is 5.84. The molecule has 0 unspecified atom stereocenters. The summed E-state index contributed by atoms with van der Waals surface area (Å²) in [4.78, 5) is 10.5. The smallest absolute Gasteiger partial charge is 0.225 e. The molecule has 1 saturated heterocycles. The Bertz CT molecular complexity index is 963. The number of rotatable bonds is 4. The van der Waals surface area contributed by atoms with Gasteiger partial charge in [0, 0.05) is 19.2 Å². The molecular formula is C20H22N4O3. The number of methoxy groups -OCH3 is 2. The Hall–Kier alpha value is -3.06. The number of ether oxygens (including phenoxy) is 3. The van der Waals surface area contributed by atoms with E-state index in [0.29, 0.717) is 19.0 Å². The summed E-state index contributed by atoms with van der Waals surface area (Å²) >= 11 is 0. The number of hydrogen-bond donors (Lipinski definition) is 1. The number of nitrogen functional groups attached to an aromatic ring is 1. The molecule has 27 heavy (non-hydrogen) atoms. The van der Waals surface area contributed by atoms with Crippen LogP contribution in [0.15, 0.2) is 42.5 Å². The molecule has 1 fully saturated rings. The molecule has 0 aliphatic carbocycles. The molecule has 7 heteroatoms. The van der Waals surface area contributed by atoms with Crippen molar-refractivity contribution in [3.05, 3.63) is 48.0 Å². The lowest BCUT2D eigenvalue weighted by Crippen LogP contribution is -2.39. The van der Waals surface area contributed by atoms with Crippen LogP contribution in [0.1, 0.15) is 11.7 Å². The highest BCUT2D eigenvalue weighted by atomic mass is 16.5. The minimum atomic E-state index is -0.0487. The van der Waals surface area contributed by atoms with Crippen molar-refractivity contribution in [1.29, 1.82) is 0 Å². The van der Waals surface area contributed by atoms with E-state index in [1.165, 1.54) is 0 Å². The summed E-state index contributed by atoms with van der Waals surface area (Å²) in [5, 5.41) is 2.29. The summed E-state index contributed by atoms with van der Waals surface area (Å²) in [7, 11) is 3.24. The number of aromatic nitrogens is 2. The van der Waals surface area contributed by atoms with Crippen LogP contribution >= 0.6 is 0 Å². The van der Waals surface area contributed by atoms with Crippen molar-refractivity contribution in [2.24, 2.45) is 0 Å². The lowest BCUT2D eigenvalue weighted by atomic mass is 10.0. The lowest BCUT2D eigenvalue weighted by molar-refractivity contribution is 0.0396. The van der Waals surface area contributed by atoms with Crippen molar-refractivity contribution < 1.29 is 14.2 Å². The van der Waals surface area contributed by atoms with E-state index in [9.17, 15) is 0 Å². The second-order valence-electron chi connectivity index (χ2n) is 6.40. The zero-order valence-corrected chi connectivity index (χ0v) is 15.4. The Labute approximate surface area is 157 Å². The van der Waals surface area contributed by atoms with Crippen LogP contribution in [-0.2, 0) is 4.74 Å². The zero-order valence-electron chi connectivity index (χ0n) is 15.4. The maximum absolute atomic E-state index is 6.02. The van der Waals surface area contributed by atoms with E-state index in [1.807, 2.05) is 12.1 Å². The van der Waals surface area contributed by atoms with Gasteiger partial charge in [0.05, 0.1) is 20.8 Å². The molecule has 1 aliphatic heterocycles. The molecule has 0 radical (unpaired) electrons. The Morgan fingerprint density at radius 3 is 2.67 bits per heavy atom. The van der Waals surface area contributed by atoms with Gasteiger partial charge in [0.15, 0.2) is 0 Å². The summed E-state index contributed by atoms with van der Waals surface area (Å²) in [6.07, 6.45) is -0.0487. The number of hydrogen-bond acceptors (Lipinski definition) is 7. The fourth-order valence-electron chi connectivity index (χ4n) is 3.33. The average molecular weight is 366 g/mol. The van der Waals surface area contributed by atoms with Gasteiger partial charge < -0.3 is 24.8 Å². The van der Waals surface area contributed by atoms with Gasteiger partial charge in [0.25, 0.3) is 0 Å². The van der Waals surface area contributed by atoms with E-state index in [2.05, 4.69) is 39.1 Å². The number of nitrogens with two attached hydrogens (primary N) is 1. The van der Waals surface area contributed by atoms with Gasteiger partial charge in [-0.1, -0.05) is 18.2 Å². The Morgan fingerprint density at radius 2 is 1.85 bits per heavy atom. The van der Waals surface area contributed by atoms with Crippen LogP contribution in [0.4, 0.5) is 11.8 Å². The third kappa shape index (κ3) is 3.59. The molecule has 2 heterocycles. The molecule has 1 aliphatic rings. The first-order valence-electron chi connectivity index (χ1n) is 8.79. The van der Waals surface area contributed by atoms with Gasteiger partial charge in [-0.15, -0.1) is 0 Å². The van der Waals surface area contributed by atoms with E-state index >= 15 is 0 Å². The monoisotopic (exact) mass is 366 g/mol. The maximum Gasteiger partial charge on any atom is 0.225 e. The SMILES string of the molecule is COc1ccc2cc([C@H]3CN(c4cc(OC)nc(N)n4)CCO3)ccc2c1. The minimum absolute atomic E-state index is 0.0487. The maximum atomic E-state index is 6.02. The molecule has 3 aromatic rings. The summed E-state index contributed by atoms with van der Waals surface area (Å²) in [5.74, 6) is 2.26. The minimum Gasteiger partial charge on any atom is -0.497 e. The average Bonchev–Trinajstić information content (AvgIpc) is 2.72. The molecule has 2 aromatic carbocycles. The third-order valence-corrected chi connectivity index (χ3v) is 4.75. The summed E-state index contributed by atoms with van der Waals surface area (Å²) in [6.45, 7) is 2.03. The van der Waals surface area contributed by atoms with E-state index < -0.39 is 0 Å². The van der Waals surface area contributed by atoms with Crippen LogP contribution in [0.3, 0.4) is 0 Å². The molecule has 7 nitrogen and oxygen atoms in total. The normalized spacial score (nSPS) is 17.1. The topological polar surface area (TPSA) is 82.7 Å². The molecule has 0 bridgehead atoms. The molecule has 1 aromatic heterocycles. The molecule has 0 saturated carbocycles. The van der Waals surface area contributed by atoms with Crippen molar-refractivity contribution in [3.8, 4) is 11.6 Å². The molecule has 0 spiro atoms. The van der Waals surface area contributed by atoms with Crippen LogP contribution in [0.5, 0.6) is 11.6 Å². The van der Waals surface area contributed by atoms with Crippen molar-refractivity contribution in [2.45, 2.75) is 6.10 Å². The first-order valence-corrected chi connectivity index (χ1v) is 8.79. The van der Waals surface area contributed by atoms with Crippen LogP contribution < -0.4 is 20.1 Å². The molecule has 2 N–H and O–H groups in total. The molecule has 4 rings (SSSR count). The second-order valence-corrected chi connectivity index (χ2v) is 6.40. The molecular weight excluding hydrogens is 344 g/mol. The van der Waals surface area contributed by atoms with Gasteiger partial charge in [-0.2, -0.15) is 9.97 Å². The molecule has 0 amide bonds. The first kappa shape index (κ1) is 17.4. The lowest BCUT2D eigenvalue weighted by Gasteiger charge is -2.34. The predicted molar refractivity (Wildman–Crippen MR) is 104 cm³/mol. The number of nitrogens with zero attached hydrogens (tertiary/aromatic N) is 3. The van der Waals surface area contributed by atoms with Crippen LogP contribution in [0.2, 0.25) is 0 Å². The van der Waals surface area contributed by atoms with Gasteiger partial charge in [0.2, 0.25) is 11.8 Å². The van der Waals surface area contributed by atoms with E-state index in [4.69, 9.17) is 19.9 Å². The first-order chi connectivity index (χ1) is 13.2. The Kier molecular flexibility index (Phi) is 4.68. The number of fused-ring (bicyclic) bond motifs is 1. The van der Waals surface area contributed by atoms with Crippen molar-refractivity contribution in [2.75, 3.05) is 44.5 Å². The number of anilines is 2. The predicted octanol–water partition coefficient (Wildman–Crippen LogP) is 2.81. The summed E-state index contributed by atoms with van der Waals surface area (Å²) in [5.41, 5.74) is 6.93. The van der Waals surface area contributed by atoms with Gasteiger partial charge >= 0.3 is 0 Å². The van der Waals surface area contributed by atoms with Crippen molar-refractivity contribution in [1.82, 2.24) is 9.97 Å². The van der Waals surface area contributed by atoms with Gasteiger partial charge in [-0.05, 0) is 34.5 Å². The van der Waals surface area contributed by atoms with Crippen molar-refractivity contribution in [3.63, 3.8) is 0 Å². The van der Waals surface area contributed by atoms with E-state index in [-0.39, 0.29) is 12.1 Å². The van der Waals surface area contributed by atoms with E-state index in [0.717, 1.165) is 34.4 Å². The fourth-order valence-corrected chi connectivity index (χ4v) is 3.33. The van der Waals surface area contributed by atoms with Crippen LogP contribution in [0, 0.1) is 0 Å². The van der Waals surface area contributed by atoms with Crippen LogP contribution in [-0.4, -0.2) is 43.9 Å². The summed E-state index contributed by atoms with van der Waals surface area (Å²) < 4.78 is 16.5. The zero-order chi connectivity index (χ0) is 18.8. The number of morpholine rings is 1. The highest BCUT2D eigenvalue weighted by Gasteiger charge is 2.24. The summed E-state index contributed by atoms with van der Waals surface area (Å²) in [6, 6.07) is 14.2. The van der Waals surface area contributed by atoms with Gasteiger partial charge in [0.1, 0.15) is 17.7 Å². The molecule has 1 atom stereocenters. The Morgan fingerprint density at radius 1 is 1.04 bits per heavy atom. The van der Waals surface area contributed by atoms with Crippen LogP contribution in [0.25, 0.3) is 10.8 Å². The highest BCUT2D eigenvalue weighted by Crippen LogP contribution is 2.30. The van der Waals surface area contributed by atoms with Gasteiger partial charge in [-0.3, -0.25) is 0 Å². The largest absolute Gasteiger partial charge is 0.497 e. The standard InChI is InChI=1S/C20H22N4O3/c1-25-16-6-5-13-9-15(4-3-14(13)10-16)17-12-24(7-8-27-17)18-11-19(26-2)23-20(21)22-18/h3-6,9-11,17H,7-8,12H2,1-2H3,(H2,21,22,23)/t17-/m1/s1. The third-order valence-electron chi connectivity index (χ3n) is 4.75. The van der Waals surface area contributed by atoms with E-state index in [1.54, 1.807) is 20.3 Å². The second kappa shape index (κ2) is 7.28. The number of benzene rings is 2. The molecule has 140 valence electrons. The fraction of sp³-hybridized carbons (Fsp3) is 0.300. The quantitative estimate of drug-likeness (QED) is 0.760. The van der Waals surface area contributed by atoms with Gasteiger partial charge in [-0.25, -0.2) is 0 Å².